The van der Waals surface area contributed by atoms with Crippen molar-refractivity contribution in [2.75, 3.05) is 10.8 Å². The summed E-state index contributed by atoms with van der Waals surface area (Å²) in [6, 6.07) is 21.6. The summed E-state index contributed by atoms with van der Waals surface area (Å²) in [5.41, 5.74) is 1.89. The number of hydrogen-bond donors (Lipinski definition) is 1. The average molecular weight is 632 g/mol. The van der Waals surface area contributed by atoms with Crippen LogP contribution in [-0.4, -0.2) is 54.2 Å². The van der Waals surface area contributed by atoms with Gasteiger partial charge in [-0.1, -0.05) is 72.6 Å². The van der Waals surface area contributed by atoms with E-state index in [2.05, 4.69) is 0 Å². The molecule has 1 saturated heterocycles. The Morgan fingerprint density at radius 2 is 1.69 bits per heavy atom. The van der Waals surface area contributed by atoms with Crippen LogP contribution >= 0.6 is 23.2 Å². The van der Waals surface area contributed by atoms with E-state index in [9.17, 15) is 23.1 Å². The molecule has 8 nitrogen and oxygen atoms in total. The first kappa shape index (κ1) is 30.4. The number of benzene rings is 3. The van der Waals surface area contributed by atoms with Crippen molar-refractivity contribution in [2.45, 2.75) is 62.1 Å². The smallest absolute Gasteiger partial charge is 0.306 e. The number of rotatable bonds is 11. The maximum atomic E-state index is 14.2. The van der Waals surface area contributed by atoms with Gasteiger partial charge in [0.25, 0.3) is 5.91 Å². The number of nitrogens with zero attached hydrogens (tertiary/aromatic N) is 2. The zero-order chi connectivity index (χ0) is 30.0. The van der Waals surface area contributed by atoms with Gasteiger partial charge in [-0.25, -0.2) is 8.42 Å². The van der Waals surface area contributed by atoms with Crippen LogP contribution in [-0.2, 0) is 24.3 Å². The van der Waals surface area contributed by atoms with Crippen LogP contribution in [0.25, 0.3) is 0 Å². The Kier molecular flexibility index (Phi) is 9.13. The normalized spacial score (nSPS) is 21.6. The second-order valence-corrected chi connectivity index (χ2v) is 13.6. The Bertz CT molecular complexity index is 1530. The lowest BCUT2D eigenvalue weighted by Gasteiger charge is -2.48. The van der Waals surface area contributed by atoms with E-state index in [0.29, 0.717) is 46.1 Å². The number of sulfonamides is 1. The summed E-state index contributed by atoms with van der Waals surface area (Å²) in [5.74, 6) is -1.70. The lowest BCUT2D eigenvalue weighted by molar-refractivity contribution is -0.183. The largest absolute Gasteiger partial charge is 0.481 e. The second-order valence-electron chi connectivity index (χ2n) is 10.6. The summed E-state index contributed by atoms with van der Waals surface area (Å²) in [5, 5.41) is 10.2. The molecule has 0 aromatic heterocycles. The molecular weight excluding hydrogens is 599 g/mol. The number of carbonyl (C=O) groups excluding carboxylic acids is 1. The summed E-state index contributed by atoms with van der Waals surface area (Å²) in [6.07, 6.45) is -1.03. The number of hydrogen-bond acceptors (Lipinski definition) is 5. The molecule has 4 atom stereocenters. The van der Waals surface area contributed by atoms with E-state index in [1.54, 1.807) is 71.6 Å². The molecule has 11 heteroatoms. The third-order valence-corrected chi connectivity index (χ3v) is 10.5. The number of halogens is 2. The highest BCUT2D eigenvalue weighted by molar-refractivity contribution is 7.93. The fourth-order valence-corrected chi connectivity index (χ4v) is 7.71. The van der Waals surface area contributed by atoms with Crippen LogP contribution in [0.5, 0.6) is 0 Å². The summed E-state index contributed by atoms with van der Waals surface area (Å²) >= 11 is 12.6. The third kappa shape index (κ3) is 6.44. The van der Waals surface area contributed by atoms with Gasteiger partial charge in [-0.05, 0) is 66.8 Å². The van der Waals surface area contributed by atoms with Gasteiger partial charge in [0.05, 0.1) is 36.0 Å². The van der Waals surface area contributed by atoms with E-state index in [4.69, 9.17) is 27.9 Å². The van der Waals surface area contributed by atoms with Crippen molar-refractivity contribution in [3.8, 4) is 0 Å². The minimum atomic E-state index is -3.70. The highest BCUT2D eigenvalue weighted by Gasteiger charge is 2.49. The molecule has 1 aliphatic heterocycles. The fourth-order valence-electron chi connectivity index (χ4n) is 5.50. The molecule has 1 unspecified atom stereocenters. The van der Waals surface area contributed by atoms with E-state index in [0.717, 1.165) is 0 Å². The average Bonchev–Trinajstić information content (AvgIpc) is 3.82. The first-order valence-corrected chi connectivity index (χ1v) is 16.1. The highest BCUT2D eigenvalue weighted by Crippen LogP contribution is 2.45. The topological polar surface area (TPSA) is 104 Å². The summed E-state index contributed by atoms with van der Waals surface area (Å²) in [6.45, 7) is 1.89. The molecule has 1 heterocycles. The minimum Gasteiger partial charge on any atom is -0.481 e. The number of para-hydroxylation sites is 1. The van der Waals surface area contributed by atoms with Crippen molar-refractivity contribution in [1.82, 2.24) is 4.90 Å². The number of ether oxygens (including phenoxy) is 1. The molecule has 2 fully saturated rings. The molecule has 1 aliphatic carbocycles. The highest BCUT2D eigenvalue weighted by atomic mass is 35.5. The van der Waals surface area contributed by atoms with E-state index in [1.165, 1.54) is 4.31 Å². The monoisotopic (exact) mass is 630 g/mol. The molecule has 3 aromatic rings. The van der Waals surface area contributed by atoms with Gasteiger partial charge >= 0.3 is 5.97 Å². The Balaban J connectivity index is 1.64. The third-order valence-electron chi connectivity index (χ3n) is 7.71. The van der Waals surface area contributed by atoms with E-state index >= 15 is 0 Å². The summed E-state index contributed by atoms with van der Waals surface area (Å²) in [4.78, 5) is 27.7. The van der Waals surface area contributed by atoms with Crippen LogP contribution in [0.1, 0.15) is 55.9 Å². The predicted molar refractivity (Wildman–Crippen MR) is 162 cm³/mol. The molecule has 42 heavy (non-hydrogen) atoms. The summed E-state index contributed by atoms with van der Waals surface area (Å²) in [7, 11) is -3.70. The van der Waals surface area contributed by atoms with Crippen LogP contribution in [0.4, 0.5) is 5.69 Å². The quantitative estimate of drug-likeness (QED) is 0.268. The maximum Gasteiger partial charge on any atom is 0.306 e. The Morgan fingerprint density at radius 3 is 2.29 bits per heavy atom. The first-order valence-electron chi connectivity index (χ1n) is 13.9. The standard InChI is InChI=1S/C31H32Cl2N2O6S/c1-2-24(19-34(25-9-4-3-5-10-25)42(39,40)26-15-16-26)35-29(20-11-13-22(32)14-12-20)30(21-7-6-8-23(33)17-21)41-27(31(35)38)18-28(36)37/h3-14,17,24,26-27,29-30H,2,15-16,18-19H2,1H3,(H,36,37)/t24?,27-,29-,30+/m0/s1. The van der Waals surface area contributed by atoms with Gasteiger partial charge in [-0.15, -0.1) is 0 Å². The zero-order valence-corrected chi connectivity index (χ0v) is 25.3. The van der Waals surface area contributed by atoms with Gasteiger partial charge in [0.2, 0.25) is 10.0 Å². The van der Waals surface area contributed by atoms with Crippen molar-refractivity contribution >= 4 is 50.8 Å². The molecule has 222 valence electrons. The molecular formula is C31H32Cl2N2O6S. The number of amides is 1. The van der Waals surface area contributed by atoms with Crippen molar-refractivity contribution in [3.05, 3.63) is 100 Å². The lowest BCUT2D eigenvalue weighted by atomic mass is 9.89. The molecule has 3 aromatic carbocycles. The van der Waals surface area contributed by atoms with Crippen LogP contribution in [0.3, 0.4) is 0 Å². The van der Waals surface area contributed by atoms with Crippen LogP contribution in [0.15, 0.2) is 78.9 Å². The van der Waals surface area contributed by atoms with Crippen LogP contribution < -0.4 is 4.31 Å². The molecule has 2 aliphatic rings. The maximum absolute atomic E-state index is 14.2. The number of anilines is 1. The van der Waals surface area contributed by atoms with Gasteiger partial charge in [-0.2, -0.15) is 0 Å². The predicted octanol–water partition coefficient (Wildman–Crippen LogP) is 6.26. The molecule has 1 amide bonds. The van der Waals surface area contributed by atoms with Gasteiger partial charge in [0.1, 0.15) is 12.2 Å². The molecule has 0 spiro atoms. The number of carbonyl (C=O) groups is 2. The van der Waals surface area contributed by atoms with Gasteiger partial charge in [0, 0.05) is 10.0 Å². The Labute approximate surface area is 255 Å². The van der Waals surface area contributed by atoms with Gasteiger partial charge < -0.3 is 14.7 Å². The number of carboxylic acids is 1. The van der Waals surface area contributed by atoms with Crippen LogP contribution in [0, 0.1) is 0 Å². The number of carboxylic acid groups (broad SMARTS) is 1. The SMILES string of the molecule is CCC(CN(c1ccccc1)S(=O)(=O)C1CC1)N1C(=O)[C@H](CC(=O)O)O[C@H](c2cccc(Cl)c2)[C@@H]1c1ccc(Cl)cc1. The van der Waals surface area contributed by atoms with Crippen molar-refractivity contribution in [3.63, 3.8) is 0 Å². The minimum absolute atomic E-state index is 0.00274. The molecule has 5 rings (SSSR count). The fraction of sp³-hybridized carbons (Fsp3) is 0.355. The summed E-state index contributed by atoms with van der Waals surface area (Å²) < 4.78 is 35.1. The second kappa shape index (κ2) is 12.6. The van der Waals surface area contributed by atoms with Crippen LogP contribution in [0.2, 0.25) is 10.0 Å². The van der Waals surface area contributed by atoms with Gasteiger partial charge in [-0.3, -0.25) is 13.9 Å². The molecule has 1 saturated carbocycles. The number of morpholine rings is 1. The molecule has 0 radical (unpaired) electrons. The lowest BCUT2D eigenvalue weighted by Crippen LogP contribution is -2.58. The molecule has 1 N–H and O–H groups in total. The van der Waals surface area contributed by atoms with Gasteiger partial charge in [0.15, 0.2) is 0 Å². The van der Waals surface area contributed by atoms with Crippen molar-refractivity contribution in [1.29, 1.82) is 0 Å². The number of aliphatic carboxylic acids is 1. The van der Waals surface area contributed by atoms with Crippen molar-refractivity contribution < 1.29 is 27.9 Å². The molecule has 0 bridgehead atoms. The zero-order valence-electron chi connectivity index (χ0n) is 23.0. The van der Waals surface area contributed by atoms with E-state index in [-0.39, 0.29) is 6.54 Å². The Morgan fingerprint density at radius 1 is 1.00 bits per heavy atom. The van der Waals surface area contributed by atoms with Crippen molar-refractivity contribution in [2.24, 2.45) is 0 Å². The Hall–Kier alpha value is -3.11. The van der Waals surface area contributed by atoms with E-state index < -0.39 is 57.9 Å². The first-order chi connectivity index (χ1) is 20.1. The van der Waals surface area contributed by atoms with E-state index in [1.807, 2.05) is 19.1 Å².